The zero-order valence-electron chi connectivity index (χ0n) is 8.76. The molecule has 0 aliphatic heterocycles. The summed E-state index contributed by atoms with van der Waals surface area (Å²) in [5.74, 6) is -0.668. The van der Waals surface area contributed by atoms with Crippen LogP contribution in [0.5, 0.6) is 0 Å². The predicted octanol–water partition coefficient (Wildman–Crippen LogP) is 3.11. The molecule has 1 aromatic rings. The molecule has 0 aromatic carbocycles. The molecule has 0 aliphatic rings. The minimum Gasteiger partial charge on any atom is -0.461 e. The molecule has 0 fully saturated rings. The first-order chi connectivity index (χ1) is 7.47. The van der Waals surface area contributed by atoms with E-state index in [-0.39, 0.29) is 18.0 Å². The maximum atomic E-state index is 12.6. The molecule has 16 heavy (non-hydrogen) atoms. The third kappa shape index (κ3) is 2.87. The molecule has 1 aromatic heterocycles. The van der Waals surface area contributed by atoms with E-state index in [2.05, 4.69) is 4.98 Å². The first-order valence-electron chi connectivity index (χ1n) is 4.59. The lowest BCUT2D eigenvalue weighted by molar-refractivity contribution is 0.0517. The Morgan fingerprint density at radius 1 is 1.62 bits per heavy atom. The number of aromatic nitrogens is 1. The molecule has 3 nitrogen and oxygen atoms in total. The Balaban J connectivity index is 3.19. The van der Waals surface area contributed by atoms with Crippen molar-refractivity contribution in [3.63, 3.8) is 0 Å². The zero-order chi connectivity index (χ0) is 12.3. The number of carbonyl (C=O) groups is 1. The van der Waals surface area contributed by atoms with Crippen LogP contribution in [0.15, 0.2) is 6.07 Å². The van der Waals surface area contributed by atoms with Gasteiger partial charge in [0.05, 0.1) is 6.61 Å². The van der Waals surface area contributed by atoms with Crippen molar-refractivity contribution in [3.8, 4) is 0 Å². The maximum absolute atomic E-state index is 12.6. The lowest BCUT2D eigenvalue weighted by Gasteiger charge is -2.08. The number of pyridine rings is 1. The number of halogens is 3. The molecular formula is C10H10F2INO2. The predicted molar refractivity (Wildman–Crippen MR) is 62.6 cm³/mol. The van der Waals surface area contributed by atoms with E-state index in [1.54, 1.807) is 36.4 Å². The minimum atomic E-state index is -2.69. The number of rotatable bonds is 3. The third-order valence-corrected chi connectivity index (χ3v) is 2.73. The average Bonchev–Trinajstić information content (AvgIpc) is 2.17. The minimum absolute atomic E-state index is 0.0439. The average molecular weight is 341 g/mol. The Kier molecular flexibility index (Phi) is 4.57. The first-order valence-corrected chi connectivity index (χ1v) is 5.67. The Morgan fingerprint density at radius 2 is 2.25 bits per heavy atom. The van der Waals surface area contributed by atoms with Crippen LogP contribution in [0.3, 0.4) is 0 Å². The quantitative estimate of drug-likeness (QED) is 0.627. The van der Waals surface area contributed by atoms with Crippen molar-refractivity contribution in [2.45, 2.75) is 20.3 Å². The standard InChI is InChI=1S/C10H10F2INO2/c1-3-16-10(15)7-5(2)4-6(13)8(14-7)9(11)12/h4,9H,3H2,1-2H3. The lowest BCUT2D eigenvalue weighted by Crippen LogP contribution is -2.12. The van der Waals surface area contributed by atoms with Gasteiger partial charge in [0, 0.05) is 3.57 Å². The highest BCUT2D eigenvalue weighted by molar-refractivity contribution is 14.1. The molecule has 0 saturated heterocycles. The summed E-state index contributed by atoms with van der Waals surface area (Å²) in [6.45, 7) is 3.47. The molecule has 0 atom stereocenters. The van der Waals surface area contributed by atoms with Gasteiger partial charge in [-0.25, -0.2) is 18.6 Å². The normalized spacial score (nSPS) is 10.6. The summed E-state index contributed by atoms with van der Waals surface area (Å²) in [6.07, 6.45) is -2.69. The Hall–Kier alpha value is -0.790. The molecule has 0 saturated carbocycles. The second kappa shape index (κ2) is 5.51. The molecule has 1 heterocycles. The number of nitrogens with zero attached hydrogens (tertiary/aromatic N) is 1. The number of hydrogen-bond acceptors (Lipinski definition) is 3. The fraction of sp³-hybridized carbons (Fsp3) is 0.400. The van der Waals surface area contributed by atoms with Crippen LogP contribution in [0.25, 0.3) is 0 Å². The second-order valence-electron chi connectivity index (χ2n) is 3.04. The molecule has 6 heteroatoms. The second-order valence-corrected chi connectivity index (χ2v) is 4.20. The van der Waals surface area contributed by atoms with Gasteiger partial charge in [0.1, 0.15) is 5.69 Å². The van der Waals surface area contributed by atoms with Gasteiger partial charge in [-0.15, -0.1) is 0 Å². The molecule has 0 aliphatic carbocycles. The van der Waals surface area contributed by atoms with Gasteiger partial charge in [-0.2, -0.15) is 0 Å². The van der Waals surface area contributed by atoms with Crippen LogP contribution < -0.4 is 0 Å². The summed E-state index contributed by atoms with van der Waals surface area (Å²) in [7, 11) is 0. The fourth-order valence-corrected chi connectivity index (χ4v) is 1.98. The SMILES string of the molecule is CCOC(=O)c1nc(C(F)F)c(I)cc1C. The van der Waals surface area contributed by atoms with Crippen molar-refractivity contribution >= 4 is 28.6 Å². The highest BCUT2D eigenvalue weighted by atomic mass is 127. The Labute approximate surface area is 105 Å². The van der Waals surface area contributed by atoms with Gasteiger partial charge in [-0.1, -0.05) is 0 Å². The van der Waals surface area contributed by atoms with Crippen LogP contribution in [0.2, 0.25) is 0 Å². The Bertz CT molecular complexity index is 410. The molecule has 1 rings (SSSR count). The van der Waals surface area contributed by atoms with Gasteiger partial charge in [0.2, 0.25) is 0 Å². The van der Waals surface area contributed by atoms with E-state index in [0.717, 1.165) is 0 Å². The highest BCUT2D eigenvalue weighted by Gasteiger charge is 2.20. The van der Waals surface area contributed by atoms with E-state index < -0.39 is 12.4 Å². The summed E-state index contributed by atoms with van der Waals surface area (Å²) < 4.78 is 30.2. The van der Waals surface area contributed by atoms with Crippen LogP contribution in [-0.2, 0) is 4.74 Å². The third-order valence-electron chi connectivity index (χ3n) is 1.87. The van der Waals surface area contributed by atoms with E-state index in [0.29, 0.717) is 9.13 Å². The summed E-state index contributed by atoms with van der Waals surface area (Å²) in [5.41, 5.74) is 0.110. The molecule has 0 N–H and O–H groups in total. The van der Waals surface area contributed by atoms with Crippen molar-refractivity contribution in [1.29, 1.82) is 0 Å². The summed E-state index contributed by atoms with van der Waals surface area (Å²) in [4.78, 5) is 15.1. The van der Waals surface area contributed by atoms with E-state index in [1.807, 2.05) is 0 Å². The van der Waals surface area contributed by atoms with E-state index >= 15 is 0 Å². The van der Waals surface area contributed by atoms with Crippen molar-refractivity contribution in [3.05, 3.63) is 26.6 Å². The highest BCUT2D eigenvalue weighted by Crippen LogP contribution is 2.24. The molecule has 0 bridgehead atoms. The summed E-state index contributed by atoms with van der Waals surface area (Å²) in [5, 5.41) is 0. The summed E-state index contributed by atoms with van der Waals surface area (Å²) in [6, 6.07) is 1.50. The van der Waals surface area contributed by atoms with Gasteiger partial charge in [0.15, 0.2) is 5.69 Å². The van der Waals surface area contributed by atoms with Crippen LogP contribution >= 0.6 is 22.6 Å². The molecule has 0 amide bonds. The van der Waals surface area contributed by atoms with E-state index in [1.165, 1.54) is 6.07 Å². The molecule has 88 valence electrons. The van der Waals surface area contributed by atoms with Crippen molar-refractivity contribution < 1.29 is 18.3 Å². The lowest BCUT2D eigenvalue weighted by atomic mass is 10.2. The number of ether oxygens (including phenoxy) is 1. The van der Waals surface area contributed by atoms with Crippen molar-refractivity contribution in [2.24, 2.45) is 0 Å². The first kappa shape index (κ1) is 13.3. The van der Waals surface area contributed by atoms with Crippen LogP contribution in [-0.4, -0.2) is 17.6 Å². The number of carbonyl (C=O) groups excluding carboxylic acids is 1. The van der Waals surface area contributed by atoms with Gasteiger partial charge < -0.3 is 4.74 Å². The van der Waals surface area contributed by atoms with Crippen LogP contribution in [0.4, 0.5) is 8.78 Å². The molecule has 0 radical (unpaired) electrons. The molecule has 0 unspecified atom stereocenters. The monoisotopic (exact) mass is 341 g/mol. The van der Waals surface area contributed by atoms with Crippen LogP contribution in [0, 0.1) is 10.5 Å². The van der Waals surface area contributed by atoms with Gasteiger partial charge in [-0.05, 0) is 48.1 Å². The fourth-order valence-electron chi connectivity index (χ4n) is 1.15. The van der Waals surface area contributed by atoms with Crippen molar-refractivity contribution in [2.75, 3.05) is 6.61 Å². The number of hydrogen-bond donors (Lipinski definition) is 0. The van der Waals surface area contributed by atoms with E-state index in [4.69, 9.17) is 4.74 Å². The van der Waals surface area contributed by atoms with Gasteiger partial charge in [0.25, 0.3) is 6.43 Å². The smallest absolute Gasteiger partial charge is 0.357 e. The molecular weight excluding hydrogens is 331 g/mol. The van der Waals surface area contributed by atoms with E-state index in [9.17, 15) is 13.6 Å². The van der Waals surface area contributed by atoms with Crippen molar-refractivity contribution in [1.82, 2.24) is 4.98 Å². The number of esters is 1. The summed E-state index contributed by atoms with van der Waals surface area (Å²) >= 11 is 1.77. The largest absolute Gasteiger partial charge is 0.461 e. The van der Waals surface area contributed by atoms with Gasteiger partial charge in [-0.3, -0.25) is 0 Å². The molecule has 0 spiro atoms. The number of aryl methyl sites for hydroxylation is 1. The van der Waals surface area contributed by atoms with Gasteiger partial charge >= 0.3 is 5.97 Å². The zero-order valence-corrected chi connectivity index (χ0v) is 10.9. The number of alkyl halides is 2. The topological polar surface area (TPSA) is 39.2 Å². The maximum Gasteiger partial charge on any atom is 0.357 e. The Morgan fingerprint density at radius 3 is 2.75 bits per heavy atom. The van der Waals surface area contributed by atoms with Crippen LogP contribution in [0.1, 0.15) is 35.1 Å².